The summed E-state index contributed by atoms with van der Waals surface area (Å²) in [5.41, 5.74) is 0.689. The molecule has 0 aromatic carbocycles. The standard InChI is InChI=1S/C12H18N4O.ClH/c1-15-11(3-6-14-15)12(17)16-7-4-10-9(8-16)2-5-13-10;/h3,6,9-10,13H,2,4-5,7-8H2,1H3;1H. The number of fused-ring (bicyclic) bond motifs is 1. The zero-order valence-electron chi connectivity index (χ0n) is 10.5. The number of aromatic nitrogens is 2. The highest BCUT2D eigenvalue weighted by molar-refractivity contribution is 5.92. The minimum Gasteiger partial charge on any atom is -0.337 e. The molecule has 2 fully saturated rings. The third kappa shape index (κ3) is 2.24. The van der Waals surface area contributed by atoms with Gasteiger partial charge in [0.2, 0.25) is 0 Å². The van der Waals surface area contributed by atoms with E-state index in [-0.39, 0.29) is 18.3 Å². The predicted molar refractivity (Wildman–Crippen MR) is 70.9 cm³/mol. The van der Waals surface area contributed by atoms with Gasteiger partial charge in [-0.05, 0) is 31.4 Å². The van der Waals surface area contributed by atoms with E-state index in [2.05, 4.69) is 10.4 Å². The summed E-state index contributed by atoms with van der Waals surface area (Å²) in [6.45, 7) is 2.85. The van der Waals surface area contributed by atoms with Gasteiger partial charge in [0.15, 0.2) is 0 Å². The number of aryl methyl sites for hydroxylation is 1. The third-order valence-electron chi connectivity index (χ3n) is 3.98. The smallest absolute Gasteiger partial charge is 0.272 e. The fourth-order valence-electron chi connectivity index (χ4n) is 2.98. The molecule has 18 heavy (non-hydrogen) atoms. The summed E-state index contributed by atoms with van der Waals surface area (Å²) < 4.78 is 1.65. The molecule has 0 spiro atoms. The zero-order valence-corrected chi connectivity index (χ0v) is 11.3. The Labute approximate surface area is 113 Å². The number of carbonyl (C=O) groups excluding carboxylic acids is 1. The van der Waals surface area contributed by atoms with E-state index in [0.29, 0.717) is 17.7 Å². The monoisotopic (exact) mass is 270 g/mol. The van der Waals surface area contributed by atoms with Crippen molar-refractivity contribution in [2.45, 2.75) is 18.9 Å². The number of nitrogens with zero attached hydrogens (tertiary/aromatic N) is 3. The molecule has 6 heteroatoms. The average molecular weight is 271 g/mol. The summed E-state index contributed by atoms with van der Waals surface area (Å²) >= 11 is 0. The molecule has 2 unspecified atom stereocenters. The predicted octanol–water partition coefficient (Wildman–Crippen LogP) is 0.666. The van der Waals surface area contributed by atoms with Crippen molar-refractivity contribution in [3.8, 4) is 0 Å². The van der Waals surface area contributed by atoms with Gasteiger partial charge in [-0.25, -0.2) is 0 Å². The second-order valence-corrected chi connectivity index (χ2v) is 4.99. The maximum Gasteiger partial charge on any atom is 0.272 e. The summed E-state index contributed by atoms with van der Waals surface area (Å²) in [7, 11) is 1.82. The van der Waals surface area contributed by atoms with E-state index < -0.39 is 0 Å². The van der Waals surface area contributed by atoms with Gasteiger partial charge < -0.3 is 10.2 Å². The third-order valence-corrected chi connectivity index (χ3v) is 3.98. The first-order valence-corrected chi connectivity index (χ1v) is 6.26. The number of halogens is 1. The highest BCUT2D eigenvalue weighted by Gasteiger charge is 2.34. The Balaban J connectivity index is 0.00000120. The maximum absolute atomic E-state index is 12.3. The molecule has 0 aliphatic carbocycles. The van der Waals surface area contributed by atoms with E-state index >= 15 is 0 Å². The largest absolute Gasteiger partial charge is 0.337 e. The van der Waals surface area contributed by atoms with Crippen molar-refractivity contribution in [2.24, 2.45) is 13.0 Å². The molecule has 3 heterocycles. The normalized spacial score (nSPS) is 26.6. The van der Waals surface area contributed by atoms with Crippen LogP contribution in [0.3, 0.4) is 0 Å². The lowest BCUT2D eigenvalue weighted by Gasteiger charge is -2.34. The fraction of sp³-hybridized carbons (Fsp3) is 0.667. The van der Waals surface area contributed by atoms with Crippen LogP contribution in [0.5, 0.6) is 0 Å². The van der Waals surface area contributed by atoms with Crippen LogP contribution in [0.4, 0.5) is 0 Å². The van der Waals surface area contributed by atoms with Gasteiger partial charge in [-0.3, -0.25) is 9.48 Å². The molecule has 2 aliphatic heterocycles. The van der Waals surface area contributed by atoms with Crippen molar-refractivity contribution in [3.63, 3.8) is 0 Å². The molecule has 2 aliphatic rings. The van der Waals surface area contributed by atoms with E-state index in [1.165, 1.54) is 6.42 Å². The van der Waals surface area contributed by atoms with E-state index in [1.807, 2.05) is 11.9 Å². The van der Waals surface area contributed by atoms with Gasteiger partial charge in [-0.2, -0.15) is 5.10 Å². The fourth-order valence-corrected chi connectivity index (χ4v) is 2.98. The van der Waals surface area contributed by atoms with Crippen molar-refractivity contribution < 1.29 is 4.79 Å². The van der Waals surface area contributed by atoms with Crippen LogP contribution in [0.25, 0.3) is 0 Å². The second-order valence-electron chi connectivity index (χ2n) is 4.99. The molecule has 1 aromatic rings. The van der Waals surface area contributed by atoms with Crippen molar-refractivity contribution in [1.82, 2.24) is 20.0 Å². The number of piperidine rings is 1. The first kappa shape index (κ1) is 13.4. The van der Waals surface area contributed by atoms with E-state index in [9.17, 15) is 4.79 Å². The van der Waals surface area contributed by atoms with Crippen LogP contribution in [0.15, 0.2) is 12.3 Å². The first-order chi connectivity index (χ1) is 8.25. The zero-order chi connectivity index (χ0) is 11.8. The Morgan fingerprint density at radius 1 is 1.50 bits per heavy atom. The lowest BCUT2D eigenvalue weighted by molar-refractivity contribution is 0.0651. The van der Waals surface area contributed by atoms with Crippen LogP contribution in [0.1, 0.15) is 23.3 Å². The summed E-state index contributed by atoms with van der Waals surface area (Å²) in [4.78, 5) is 14.3. The van der Waals surface area contributed by atoms with Crippen LogP contribution in [0.2, 0.25) is 0 Å². The summed E-state index contributed by atoms with van der Waals surface area (Å²) in [6.07, 6.45) is 3.95. The van der Waals surface area contributed by atoms with E-state index in [1.54, 1.807) is 16.9 Å². The van der Waals surface area contributed by atoms with Crippen LogP contribution in [0, 0.1) is 5.92 Å². The minimum atomic E-state index is 0. The van der Waals surface area contributed by atoms with Crippen molar-refractivity contribution in [3.05, 3.63) is 18.0 Å². The van der Waals surface area contributed by atoms with Gasteiger partial charge >= 0.3 is 0 Å². The molecular weight excluding hydrogens is 252 g/mol. The summed E-state index contributed by atoms with van der Waals surface area (Å²) in [5, 5.41) is 7.56. The molecule has 5 nitrogen and oxygen atoms in total. The number of carbonyl (C=O) groups is 1. The minimum absolute atomic E-state index is 0. The number of amides is 1. The van der Waals surface area contributed by atoms with Crippen LogP contribution < -0.4 is 5.32 Å². The van der Waals surface area contributed by atoms with Crippen LogP contribution in [-0.2, 0) is 7.05 Å². The number of hydrogen-bond donors (Lipinski definition) is 1. The molecule has 0 bridgehead atoms. The van der Waals surface area contributed by atoms with Crippen LogP contribution in [-0.4, -0.2) is 46.3 Å². The Hall–Kier alpha value is -1.07. The summed E-state index contributed by atoms with van der Waals surface area (Å²) in [5.74, 6) is 0.760. The lowest BCUT2D eigenvalue weighted by atomic mass is 9.93. The van der Waals surface area contributed by atoms with Crippen molar-refractivity contribution in [2.75, 3.05) is 19.6 Å². The first-order valence-electron chi connectivity index (χ1n) is 6.26. The van der Waals surface area contributed by atoms with Gasteiger partial charge in [0.05, 0.1) is 0 Å². The maximum atomic E-state index is 12.3. The summed E-state index contributed by atoms with van der Waals surface area (Å²) in [6, 6.07) is 2.42. The molecular formula is C12H19ClN4O. The van der Waals surface area contributed by atoms with Crippen molar-refractivity contribution >= 4 is 18.3 Å². The topological polar surface area (TPSA) is 50.2 Å². The Morgan fingerprint density at radius 2 is 2.33 bits per heavy atom. The Bertz CT molecular complexity index is 433. The lowest BCUT2D eigenvalue weighted by Crippen LogP contribution is -2.47. The molecule has 2 atom stereocenters. The van der Waals surface area contributed by atoms with Gasteiger partial charge in [0, 0.05) is 32.4 Å². The number of likely N-dealkylation sites (tertiary alicyclic amines) is 1. The van der Waals surface area contributed by atoms with Gasteiger partial charge in [0.1, 0.15) is 5.69 Å². The van der Waals surface area contributed by atoms with E-state index in [4.69, 9.17) is 0 Å². The highest BCUT2D eigenvalue weighted by Crippen LogP contribution is 2.25. The Kier molecular flexibility index (Phi) is 3.92. The van der Waals surface area contributed by atoms with E-state index in [0.717, 1.165) is 26.1 Å². The molecule has 2 saturated heterocycles. The second kappa shape index (κ2) is 5.28. The van der Waals surface area contributed by atoms with Gasteiger partial charge in [-0.1, -0.05) is 0 Å². The number of rotatable bonds is 1. The molecule has 1 aromatic heterocycles. The van der Waals surface area contributed by atoms with Crippen molar-refractivity contribution in [1.29, 1.82) is 0 Å². The molecule has 100 valence electrons. The molecule has 0 saturated carbocycles. The SMILES string of the molecule is Cl.Cn1nccc1C(=O)N1CCC2NCCC2C1. The highest BCUT2D eigenvalue weighted by atomic mass is 35.5. The Morgan fingerprint density at radius 3 is 3.06 bits per heavy atom. The number of hydrogen-bond acceptors (Lipinski definition) is 3. The molecule has 1 amide bonds. The molecule has 3 rings (SSSR count). The quantitative estimate of drug-likeness (QED) is 0.816. The average Bonchev–Trinajstić information content (AvgIpc) is 2.95. The molecule has 1 N–H and O–H groups in total. The molecule has 0 radical (unpaired) electrons. The van der Waals surface area contributed by atoms with Gasteiger partial charge in [0.25, 0.3) is 5.91 Å². The van der Waals surface area contributed by atoms with Crippen LogP contribution >= 0.6 is 12.4 Å². The number of nitrogens with one attached hydrogen (secondary N) is 1. The van der Waals surface area contributed by atoms with Gasteiger partial charge in [-0.15, -0.1) is 12.4 Å².